The van der Waals surface area contributed by atoms with Crippen LogP contribution in [0, 0.1) is 0 Å². The van der Waals surface area contributed by atoms with Gasteiger partial charge < -0.3 is 10.1 Å². The van der Waals surface area contributed by atoms with Crippen LogP contribution in [0.2, 0.25) is 0 Å². The van der Waals surface area contributed by atoms with Gasteiger partial charge in [-0.3, -0.25) is 0 Å². The molecule has 0 radical (unpaired) electrons. The summed E-state index contributed by atoms with van der Waals surface area (Å²) in [6, 6.07) is 16.8. The first-order valence-corrected chi connectivity index (χ1v) is 7.66. The Kier molecular flexibility index (Phi) is 3.88. The lowest BCUT2D eigenvalue weighted by molar-refractivity contribution is 0.337. The van der Waals surface area contributed by atoms with Crippen molar-refractivity contribution in [2.45, 2.75) is 13.5 Å². The minimum atomic E-state index is 0.692. The average molecular weight is 283 g/mol. The second kappa shape index (κ2) is 5.97. The molecule has 3 heteroatoms. The summed E-state index contributed by atoms with van der Waals surface area (Å²) in [4.78, 5) is 0. The van der Waals surface area contributed by atoms with Crippen molar-refractivity contribution in [2.75, 3.05) is 11.9 Å². The summed E-state index contributed by atoms with van der Waals surface area (Å²) < 4.78 is 6.97. The van der Waals surface area contributed by atoms with Gasteiger partial charge in [-0.15, -0.1) is 11.3 Å². The van der Waals surface area contributed by atoms with E-state index in [-0.39, 0.29) is 0 Å². The van der Waals surface area contributed by atoms with Crippen molar-refractivity contribution in [3.8, 4) is 5.75 Å². The fourth-order valence-corrected chi connectivity index (χ4v) is 2.99. The number of nitrogens with one attached hydrogen (secondary N) is 1. The highest BCUT2D eigenvalue weighted by Gasteiger charge is 2.03. The standard InChI is InChI=1S/C17H17NOS/c1-2-19-16-6-4-3-5-14(16)12-18-15-7-8-17-13(11-15)9-10-20-17/h3-11,18H,2,12H2,1H3. The number of hydrogen-bond donors (Lipinski definition) is 1. The normalized spacial score (nSPS) is 10.7. The van der Waals surface area contributed by atoms with Crippen molar-refractivity contribution in [1.82, 2.24) is 0 Å². The van der Waals surface area contributed by atoms with Crippen LogP contribution in [0.1, 0.15) is 12.5 Å². The first kappa shape index (κ1) is 13.0. The minimum Gasteiger partial charge on any atom is -0.494 e. The van der Waals surface area contributed by atoms with Crippen molar-refractivity contribution in [2.24, 2.45) is 0 Å². The summed E-state index contributed by atoms with van der Waals surface area (Å²) in [5, 5.41) is 6.88. The lowest BCUT2D eigenvalue weighted by atomic mass is 10.2. The number of thiophene rings is 1. The van der Waals surface area contributed by atoms with Gasteiger partial charge in [0.2, 0.25) is 0 Å². The molecular formula is C17H17NOS. The highest BCUT2D eigenvalue weighted by atomic mass is 32.1. The first-order valence-electron chi connectivity index (χ1n) is 6.78. The maximum atomic E-state index is 5.64. The summed E-state index contributed by atoms with van der Waals surface area (Å²) >= 11 is 1.77. The van der Waals surface area contributed by atoms with E-state index in [4.69, 9.17) is 4.74 Å². The largest absolute Gasteiger partial charge is 0.494 e. The molecule has 0 aliphatic heterocycles. The molecule has 1 N–H and O–H groups in total. The van der Waals surface area contributed by atoms with Crippen LogP contribution in [0.4, 0.5) is 5.69 Å². The summed E-state index contributed by atoms with van der Waals surface area (Å²) in [5.74, 6) is 0.958. The molecule has 0 aliphatic carbocycles. The minimum absolute atomic E-state index is 0.692. The van der Waals surface area contributed by atoms with Gasteiger partial charge in [-0.1, -0.05) is 18.2 Å². The third kappa shape index (κ3) is 2.78. The van der Waals surface area contributed by atoms with E-state index in [0.717, 1.165) is 18.0 Å². The Morgan fingerprint density at radius 3 is 2.90 bits per heavy atom. The highest BCUT2D eigenvalue weighted by molar-refractivity contribution is 7.17. The highest BCUT2D eigenvalue weighted by Crippen LogP contribution is 2.25. The predicted octanol–water partition coefficient (Wildman–Crippen LogP) is 4.91. The van der Waals surface area contributed by atoms with Crippen molar-refractivity contribution < 1.29 is 4.74 Å². The molecule has 0 aliphatic rings. The van der Waals surface area contributed by atoms with Crippen LogP contribution in [0.5, 0.6) is 5.75 Å². The molecule has 0 saturated carbocycles. The maximum absolute atomic E-state index is 5.64. The third-order valence-corrected chi connectivity index (χ3v) is 4.11. The second-order valence-corrected chi connectivity index (χ2v) is 5.52. The summed E-state index contributed by atoms with van der Waals surface area (Å²) in [6.07, 6.45) is 0. The molecule has 0 amide bonds. The Labute approximate surface area is 123 Å². The second-order valence-electron chi connectivity index (χ2n) is 4.57. The van der Waals surface area contributed by atoms with Gasteiger partial charge in [-0.25, -0.2) is 0 Å². The number of fused-ring (bicyclic) bond motifs is 1. The van der Waals surface area contributed by atoms with Crippen LogP contribution in [-0.2, 0) is 6.54 Å². The molecule has 1 aromatic heterocycles. The molecule has 3 aromatic rings. The molecule has 0 bridgehead atoms. The zero-order valence-corrected chi connectivity index (χ0v) is 12.2. The number of hydrogen-bond acceptors (Lipinski definition) is 3. The molecule has 1 heterocycles. The average Bonchev–Trinajstić information content (AvgIpc) is 2.94. The van der Waals surface area contributed by atoms with Gasteiger partial charge in [-0.2, -0.15) is 0 Å². The molecule has 2 nitrogen and oxygen atoms in total. The van der Waals surface area contributed by atoms with Gasteiger partial charge in [0.1, 0.15) is 5.75 Å². The van der Waals surface area contributed by atoms with Gasteiger partial charge in [0.25, 0.3) is 0 Å². The van der Waals surface area contributed by atoms with Crippen molar-refractivity contribution >= 4 is 27.1 Å². The first-order chi connectivity index (χ1) is 9.86. The Balaban J connectivity index is 1.75. The van der Waals surface area contributed by atoms with Crippen molar-refractivity contribution in [1.29, 1.82) is 0 Å². The predicted molar refractivity (Wildman–Crippen MR) is 86.8 cm³/mol. The van der Waals surface area contributed by atoms with Crippen LogP contribution < -0.4 is 10.1 Å². The number of para-hydroxylation sites is 1. The van der Waals surface area contributed by atoms with Crippen LogP contribution in [0.3, 0.4) is 0 Å². The smallest absolute Gasteiger partial charge is 0.124 e. The van der Waals surface area contributed by atoms with Gasteiger partial charge >= 0.3 is 0 Å². The van der Waals surface area contributed by atoms with E-state index >= 15 is 0 Å². The number of rotatable bonds is 5. The molecule has 0 spiro atoms. The van der Waals surface area contributed by atoms with Gasteiger partial charge in [-0.05, 0) is 48.0 Å². The van der Waals surface area contributed by atoms with Gasteiger partial charge in [0.05, 0.1) is 6.61 Å². The quantitative estimate of drug-likeness (QED) is 0.718. The number of ether oxygens (including phenoxy) is 1. The molecule has 0 unspecified atom stereocenters. The maximum Gasteiger partial charge on any atom is 0.124 e. The molecule has 0 fully saturated rings. The molecule has 102 valence electrons. The molecule has 3 rings (SSSR count). The zero-order chi connectivity index (χ0) is 13.8. The SMILES string of the molecule is CCOc1ccccc1CNc1ccc2sccc2c1. The van der Waals surface area contributed by atoms with Gasteiger partial charge in [0, 0.05) is 22.5 Å². The molecule has 2 aromatic carbocycles. The van der Waals surface area contributed by atoms with Crippen LogP contribution >= 0.6 is 11.3 Å². The Morgan fingerprint density at radius 1 is 1.10 bits per heavy atom. The van der Waals surface area contributed by atoms with E-state index in [2.05, 4.69) is 41.0 Å². The monoisotopic (exact) mass is 283 g/mol. The summed E-state index contributed by atoms with van der Waals surface area (Å²) in [7, 11) is 0. The summed E-state index contributed by atoms with van der Waals surface area (Å²) in [6.45, 7) is 3.47. The Bertz CT molecular complexity index is 705. The molecule has 20 heavy (non-hydrogen) atoms. The van der Waals surface area contributed by atoms with Crippen LogP contribution in [0.15, 0.2) is 53.9 Å². The van der Waals surface area contributed by atoms with E-state index in [1.54, 1.807) is 11.3 Å². The lowest BCUT2D eigenvalue weighted by Gasteiger charge is -2.11. The van der Waals surface area contributed by atoms with E-state index < -0.39 is 0 Å². The molecule has 0 atom stereocenters. The van der Waals surface area contributed by atoms with Crippen LogP contribution in [-0.4, -0.2) is 6.61 Å². The van der Waals surface area contributed by atoms with E-state index in [9.17, 15) is 0 Å². The van der Waals surface area contributed by atoms with Crippen molar-refractivity contribution in [3.63, 3.8) is 0 Å². The van der Waals surface area contributed by atoms with Crippen molar-refractivity contribution in [3.05, 3.63) is 59.5 Å². The number of benzene rings is 2. The Morgan fingerprint density at radius 2 is 2.00 bits per heavy atom. The number of anilines is 1. The molecular weight excluding hydrogens is 266 g/mol. The van der Waals surface area contributed by atoms with Gasteiger partial charge in [0.15, 0.2) is 0 Å². The Hall–Kier alpha value is -2.00. The van der Waals surface area contributed by atoms with E-state index in [1.165, 1.54) is 15.6 Å². The topological polar surface area (TPSA) is 21.3 Å². The zero-order valence-electron chi connectivity index (χ0n) is 11.4. The summed E-state index contributed by atoms with van der Waals surface area (Å²) in [5.41, 5.74) is 2.32. The van der Waals surface area contributed by atoms with E-state index in [1.807, 2.05) is 25.1 Å². The fraction of sp³-hybridized carbons (Fsp3) is 0.176. The third-order valence-electron chi connectivity index (χ3n) is 3.21. The van der Waals surface area contributed by atoms with E-state index in [0.29, 0.717) is 6.61 Å². The fourth-order valence-electron chi connectivity index (χ4n) is 2.22. The molecule has 0 saturated heterocycles. The van der Waals surface area contributed by atoms with Crippen LogP contribution in [0.25, 0.3) is 10.1 Å². The lowest BCUT2D eigenvalue weighted by Crippen LogP contribution is -2.02.